The molecule has 2 rings (SSSR count). The Kier molecular flexibility index (Phi) is 5.91. The largest absolute Gasteiger partial charge is 0.477 e. The summed E-state index contributed by atoms with van der Waals surface area (Å²) in [4.78, 5) is 24.2. The maximum absolute atomic E-state index is 11.9. The first kappa shape index (κ1) is 17.5. The number of nitrogens with zero attached hydrogens (tertiary/aromatic N) is 2. The molecule has 0 saturated heterocycles. The Morgan fingerprint density at radius 2 is 2.08 bits per heavy atom. The molecule has 1 N–H and O–H groups in total. The van der Waals surface area contributed by atoms with Crippen molar-refractivity contribution in [1.29, 1.82) is 0 Å². The lowest BCUT2D eigenvalue weighted by atomic mass is 10.2. The summed E-state index contributed by atoms with van der Waals surface area (Å²) in [6.45, 7) is 0.0305. The van der Waals surface area contributed by atoms with Crippen LogP contribution in [0.3, 0.4) is 0 Å². The Morgan fingerprint density at radius 3 is 2.71 bits per heavy atom. The fourth-order valence-corrected chi connectivity index (χ4v) is 2.15. The van der Waals surface area contributed by atoms with Crippen LogP contribution in [0.4, 0.5) is 5.69 Å². The maximum Gasteiger partial charge on any atom is 0.310 e. The third-order valence-corrected chi connectivity index (χ3v) is 3.41. The standard InChI is InChI=1S/C16H19N3O5/c1-18(2)13(15-8-5-9-23-15)10-17-16(20)11-24-14-7-4-3-6-12(14)19(21)22/h3-9,13H,10-11H2,1-2H3,(H,17,20). The summed E-state index contributed by atoms with van der Waals surface area (Å²) in [5.74, 6) is 0.430. The van der Waals surface area contributed by atoms with Crippen LogP contribution in [0.25, 0.3) is 0 Å². The summed E-state index contributed by atoms with van der Waals surface area (Å²) in [6, 6.07) is 9.43. The first-order chi connectivity index (χ1) is 11.5. The topological polar surface area (TPSA) is 97.9 Å². The number of nitrogens with one attached hydrogen (secondary N) is 1. The quantitative estimate of drug-likeness (QED) is 0.586. The van der Waals surface area contributed by atoms with Crippen LogP contribution in [0.1, 0.15) is 11.8 Å². The van der Waals surface area contributed by atoms with E-state index in [2.05, 4.69) is 5.32 Å². The molecule has 1 aromatic heterocycles. The number of para-hydroxylation sites is 2. The average molecular weight is 333 g/mol. The number of ether oxygens (including phenoxy) is 1. The lowest BCUT2D eigenvalue weighted by Crippen LogP contribution is -2.36. The van der Waals surface area contributed by atoms with Crippen LogP contribution < -0.4 is 10.1 Å². The van der Waals surface area contributed by atoms with E-state index in [4.69, 9.17) is 9.15 Å². The fraction of sp³-hybridized carbons (Fsp3) is 0.312. The highest BCUT2D eigenvalue weighted by Gasteiger charge is 2.19. The first-order valence-corrected chi connectivity index (χ1v) is 7.31. The zero-order valence-electron chi connectivity index (χ0n) is 13.5. The number of rotatable bonds is 8. The molecular formula is C16H19N3O5. The highest BCUT2D eigenvalue weighted by Crippen LogP contribution is 2.25. The fourth-order valence-electron chi connectivity index (χ4n) is 2.15. The molecular weight excluding hydrogens is 314 g/mol. The molecule has 0 fully saturated rings. The number of likely N-dealkylation sites (N-methyl/N-ethyl adjacent to an activating group) is 1. The average Bonchev–Trinajstić information content (AvgIpc) is 3.07. The predicted molar refractivity (Wildman–Crippen MR) is 86.7 cm³/mol. The number of hydrogen-bond acceptors (Lipinski definition) is 6. The van der Waals surface area contributed by atoms with Crippen LogP contribution in [-0.2, 0) is 4.79 Å². The zero-order valence-corrected chi connectivity index (χ0v) is 13.5. The van der Waals surface area contributed by atoms with Crippen LogP contribution in [0, 0.1) is 10.1 Å². The molecule has 128 valence electrons. The van der Waals surface area contributed by atoms with Gasteiger partial charge in [0.2, 0.25) is 0 Å². The number of nitro groups is 1. The van der Waals surface area contributed by atoms with Gasteiger partial charge < -0.3 is 14.5 Å². The summed E-state index contributed by atoms with van der Waals surface area (Å²) in [5.41, 5.74) is -0.174. The second-order valence-electron chi connectivity index (χ2n) is 5.31. The lowest BCUT2D eigenvalue weighted by molar-refractivity contribution is -0.385. The molecule has 1 atom stereocenters. The molecule has 0 aliphatic carbocycles. The van der Waals surface area contributed by atoms with E-state index >= 15 is 0 Å². The van der Waals surface area contributed by atoms with Crippen LogP contribution in [-0.4, -0.2) is 43.0 Å². The number of carbonyl (C=O) groups is 1. The third-order valence-electron chi connectivity index (χ3n) is 3.41. The molecule has 0 saturated carbocycles. The van der Waals surface area contributed by atoms with Gasteiger partial charge in [0.25, 0.3) is 5.91 Å². The normalized spacial score (nSPS) is 12.0. The smallest absolute Gasteiger partial charge is 0.310 e. The van der Waals surface area contributed by atoms with Crippen molar-refractivity contribution in [3.8, 4) is 5.75 Å². The minimum atomic E-state index is -0.549. The Labute approximate surface area is 139 Å². The first-order valence-electron chi connectivity index (χ1n) is 7.31. The van der Waals surface area contributed by atoms with Crippen LogP contribution in [0.2, 0.25) is 0 Å². The lowest BCUT2D eigenvalue weighted by Gasteiger charge is -2.22. The maximum atomic E-state index is 11.9. The van der Waals surface area contributed by atoms with Crippen LogP contribution in [0.15, 0.2) is 47.1 Å². The second-order valence-corrected chi connectivity index (χ2v) is 5.31. The highest BCUT2D eigenvalue weighted by atomic mass is 16.6. The Balaban J connectivity index is 1.89. The van der Waals surface area contributed by atoms with Gasteiger partial charge in [-0.05, 0) is 32.3 Å². The number of amides is 1. The van der Waals surface area contributed by atoms with E-state index in [1.807, 2.05) is 25.1 Å². The summed E-state index contributed by atoms with van der Waals surface area (Å²) in [6.07, 6.45) is 1.57. The summed E-state index contributed by atoms with van der Waals surface area (Å²) in [7, 11) is 3.76. The second kappa shape index (κ2) is 8.11. The molecule has 8 heteroatoms. The van der Waals surface area contributed by atoms with Gasteiger partial charge >= 0.3 is 5.69 Å². The predicted octanol–water partition coefficient (Wildman–Crippen LogP) is 1.99. The van der Waals surface area contributed by atoms with E-state index in [1.165, 1.54) is 18.2 Å². The van der Waals surface area contributed by atoms with Crippen molar-refractivity contribution < 1.29 is 18.9 Å². The third kappa shape index (κ3) is 4.56. The van der Waals surface area contributed by atoms with Gasteiger partial charge in [0.15, 0.2) is 12.4 Å². The Bertz CT molecular complexity index is 685. The van der Waals surface area contributed by atoms with Crippen molar-refractivity contribution in [2.75, 3.05) is 27.2 Å². The van der Waals surface area contributed by atoms with Gasteiger partial charge in [0.05, 0.1) is 17.2 Å². The van der Waals surface area contributed by atoms with E-state index < -0.39 is 4.92 Å². The number of nitro benzene ring substituents is 1. The molecule has 24 heavy (non-hydrogen) atoms. The van der Waals surface area contributed by atoms with Crippen molar-refractivity contribution >= 4 is 11.6 Å². The molecule has 0 bridgehead atoms. The van der Waals surface area contributed by atoms with Gasteiger partial charge in [0.1, 0.15) is 5.76 Å². The SMILES string of the molecule is CN(C)C(CNC(=O)COc1ccccc1[N+](=O)[O-])c1ccco1. The van der Waals surface area contributed by atoms with Crippen molar-refractivity contribution in [3.05, 3.63) is 58.5 Å². The Hall–Kier alpha value is -2.87. The van der Waals surface area contributed by atoms with E-state index in [0.29, 0.717) is 6.54 Å². The summed E-state index contributed by atoms with van der Waals surface area (Å²) >= 11 is 0. The number of furan rings is 1. The summed E-state index contributed by atoms with van der Waals surface area (Å²) in [5, 5.41) is 13.6. The zero-order chi connectivity index (χ0) is 17.5. The Morgan fingerprint density at radius 1 is 1.33 bits per heavy atom. The van der Waals surface area contributed by atoms with E-state index in [1.54, 1.807) is 18.4 Å². The van der Waals surface area contributed by atoms with Crippen LogP contribution in [0.5, 0.6) is 5.75 Å². The van der Waals surface area contributed by atoms with Gasteiger partial charge in [-0.2, -0.15) is 0 Å². The number of benzene rings is 1. The summed E-state index contributed by atoms with van der Waals surface area (Å²) < 4.78 is 10.6. The minimum absolute atomic E-state index is 0.0628. The molecule has 0 spiro atoms. The number of carbonyl (C=O) groups excluding carboxylic acids is 1. The van der Waals surface area contributed by atoms with Gasteiger partial charge in [-0.25, -0.2) is 0 Å². The molecule has 1 unspecified atom stereocenters. The molecule has 2 aromatic rings. The van der Waals surface area contributed by atoms with Gasteiger partial charge in [-0.1, -0.05) is 12.1 Å². The van der Waals surface area contributed by atoms with E-state index in [9.17, 15) is 14.9 Å². The minimum Gasteiger partial charge on any atom is -0.477 e. The van der Waals surface area contributed by atoms with Gasteiger partial charge in [0, 0.05) is 12.6 Å². The van der Waals surface area contributed by atoms with E-state index in [0.717, 1.165) is 5.76 Å². The number of hydrogen-bond donors (Lipinski definition) is 1. The molecule has 1 heterocycles. The van der Waals surface area contributed by atoms with E-state index in [-0.39, 0.29) is 30.0 Å². The molecule has 0 radical (unpaired) electrons. The monoisotopic (exact) mass is 333 g/mol. The van der Waals surface area contributed by atoms with Crippen molar-refractivity contribution in [1.82, 2.24) is 10.2 Å². The molecule has 8 nitrogen and oxygen atoms in total. The van der Waals surface area contributed by atoms with Gasteiger partial charge in [-0.15, -0.1) is 0 Å². The van der Waals surface area contributed by atoms with Crippen molar-refractivity contribution in [2.24, 2.45) is 0 Å². The molecule has 0 aliphatic heterocycles. The highest BCUT2D eigenvalue weighted by molar-refractivity contribution is 5.77. The van der Waals surface area contributed by atoms with Gasteiger partial charge in [-0.3, -0.25) is 19.8 Å². The molecule has 1 amide bonds. The molecule has 1 aromatic carbocycles. The van der Waals surface area contributed by atoms with Crippen LogP contribution >= 0.6 is 0 Å². The van der Waals surface area contributed by atoms with Crippen molar-refractivity contribution in [2.45, 2.75) is 6.04 Å². The van der Waals surface area contributed by atoms with Crippen molar-refractivity contribution in [3.63, 3.8) is 0 Å². The molecule has 0 aliphatic rings.